The molecule has 2 N–H and O–H groups in total. The van der Waals surface area contributed by atoms with Crippen molar-refractivity contribution in [1.29, 1.82) is 0 Å². The number of carbonyl (C=O) groups excluding carboxylic acids is 1. The van der Waals surface area contributed by atoms with E-state index in [1.807, 2.05) is 64.3 Å². The average molecular weight is 516 g/mol. The molecule has 2 aromatic carbocycles. The lowest BCUT2D eigenvalue weighted by Gasteiger charge is -2.19. The van der Waals surface area contributed by atoms with Crippen LogP contribution in [0, 0.1) is 0 Å². The van der Waals surface area contributed by atoms with Crippen molar-refractivity contribution in [2.24, 2.45) is 4.99 Å². The van der Waals surface area contributed by atoms with E-state index in [-0.39, 0.29) is 35.9 Å². The van der Waals surface area contributed by atoms with Crippen LogP contribution in [0.15, 0.2) is 78.0 Å². The van der Waals surface area contributed by atoms with Crippen molar-refractivity contribution in [2.45, 2.75) is 19.0 Å². The number of halogens is 1. The van der Waals surface area contributed by atoms with Gasteiger partial charge in [0.1, 0.15) is 0 Å². The van der Waals surface area contributed by atoms with E-state index in [2.05, 4.69) is 32.9 Å². The van der Waals surface area contributed by atoms with Gasteiger partial charge in [0, 0.05) is 44.6 Å². The zero-order chi connectivity index (χ0) is 20.1. The Kier molecular flexibility index (Phi) is 7.45. The number of anilines is 1. The summed E-state index contributed by atoms with van der Waals surface area (Å²) in [5, 5.41) is 11.0. The third-order valence-corrected chi connectivity index (χ3v) is 4.90. The van der Waals surface area contributed by atoms with Crippen LogP contribution in [0.5, 0.6) is 0 Å². The summed E-state index contributed by atoms with van der Waals surface area (Å²) in [6, 6.07) is 19.9. The van der Waals surface area contributed by atoms with Gasteiger partial charge < -0.3 is 15.5 Å². The molecule has 1 saturated heterocycles. The molecule has 1 unspecified atom stereocenters. The molecular weight excluding hydrogens is 491 g/mol. The third kappa shape index (κ3) is 5.18. The highest BCUT2D eigenvalue weighted by Gasteiger charge is 2.30. The Hall–Kier alpha value is -2.88. The first-order valence-corrected chi connectivity index (χ1v) is 9.64. The summed E-state index contributed by atoms with van der Waals surface area (Å²) in [5.41, 5.74) is 3.06. The van der Waals surface area contributed by atoms with Crippen LogP contribution in [0.4, 0.5) is 5.69 Å². The van der Waals surface area contributed by atoms with Crippen molar-refractivity contribution >= 4 is 41.5 Å². The smallest absolute Gasteiger partial charge is 0.229 e. The molecule has 1 amide bonds. The first-order valence-electron chi connectivity index (χ1n) is 9.64. The zero-order valence-corrected chi connectivity index (χ0v) is 19.1. The molecule has 0 radical (unpaired) electrons. The Bertz CT molecular complexity index is 990. The zero-order valence-electron chi connectivity index (χ0n) is 16.7. The Labute approximate surface area is 193 Å². The first-order chi connectivity index (χ1) is 14.2. The maximum Gasteiger partial charge on any atom is 0.229 e. The molecule has 0 spiro atoms. The van der Waals surface area contributed by atoms with Gasteiger partial charge in [0.05, 0.1) is 11.7 Å². The van der Waals surface area contributed by atoms with Gasteiger partial charge in [-0.25, -0.2) is 4.68 Å². The number of nitrogens with one attached hydrogen (secondary N) is 2. The van der Waals surface area contributed by atoms with Gasteiger partial charge in [-0.2, -0.15) is 5.10 Å². The molecule has 1 aliphatic heterocycles. The van der Waals surface area contributed by atoms with Crippen LogP contribution in [0.25, 0.3) is 5.69 Å². The van der Waals surface area contributed by atoms with E-state index in [1.54, 1.807) is 13.2 Å². The minimum Gasteiger partial charge on any atom is -0.352 e. The summed E-state index contributed by atoms with van der Waals surface area (Å²) in [6.07, 6.45) is 4.13. The molecular formula is C22H25IN6O. The van der Waals surface area contributed by atoms with Crippen molar-refractivity contribution in [1.82, 2.24) is 20.4 Å². The lowest BCUT2D eigenvalue weighted by atomic mass is 10.2. The number of guanidine groups is 1. The van der Waals surface area contributed by atoms with Gasteiger partial charge in [-0.3, -0.25) is 9.79 Å². The molecule has 2 heterocycles. The summed E-state index contributed by atoms with van der Waals surface area (Å²) in [7, 11) is 1.74. The van der Waals surface area contributed by atoms with Crippen molar-refractivity contribution < 1.29 is 4.79 Å². The Morgan fingerprint density at radius 2 is 1.93 bits per heavy atom. The number of para-hydroxylation sites is 1. The summed E-state index contributed by atoms with van der Waals surface area (Å²) >= 11 is 0. The van der Waals surface area contributed by atoms with E-state index >= 15 is 0 Å². The van der Waals surface area contributed by atoms with Gasteiger partial charge in [-0.05, 0) is 35.9 Å². The van der Waals surface area contributed by atoms with Gasteiger partial charge >= 0.3 is 0 Å². The molecule has 1 atom stereocenters. The third-order valence-electron chi connectivity index (χ3n) is 4.90. The minimum atomic E-state index is 0. The fraction of sp³-hybridized carbons (Fsp3) is 0.227. The minimum absolute atomic E-state index is 0. The number of amides is 1. The van der Waals surface area contributed by atoms with Crippen LogP contribution in [-0.2, 0) is 11.3 Å². The normalized spacial score (nSPS) is 16.3. The molecule has 30 heavy (non-hydrogen) atoms. The fourth-order valence-electron chi connectivity index (χ4n) is 3.47. The monoisotopic (exact) mass is 516 g/mol. The molecule has 7 nitrogen and oxygen atoms in total. The van der Waals surface area contributed by atoms with Crippen LogP contribution in [0.3, 0.4) is 0 Å². The predicted octanol–water partition coefficient (Wildman–Crippen LogP) is 2.96. The van der Waals surface area contributed by atoms with E-state index in [0.29, 0.717) is 25.5 Å². The molecule has 156 valence electrons. The van der Waals surface area contributed by atoms with Crippen LogP contribution >= 0.6 is 24.0 Å². The SMILES string of the molecule is CN=C(NCc1cccc(-n2cccn2)c1)NC1CC(=O)N(c2ccccc2)C1.I. The summed E-state index contributed by atoms with van der Waals surface area (Å²) < 4.78 is 1.83. The van der Waals surface area contributed by atoms with Crippen molar-refractivity contribution in [3.05, 3.63) is 78.6 Å². The summed E-state index contributed by atoms with van der Waals surface area (Å²) in [6.45, 7) is 1.25. The molecule has 3 aromatic rings. The number of nitrogens with zero attached hydrogens (tertiary/aromatic N) is 4. The van der Waals surface area contributed by atoms with Crippen molar-refractivity contribution in [3.63, 3.8) is 0 Å². The Morgan fingerprint density at radius 1 is 1.13 bits per heavy atom. The lowest BCUT2D eigenvalue weighted by Crippen LogP contribution is -2.44. The van der Waals surface area contributed by atoms with E-state index in [0.717, 1.165) is 16.9 Å². The van der Waals surface area contributed by atoms with E-state index in [4.69, 9.17) is 0 Å². The number of carbonyl (C=O) groups is 1. The maximum absolute atomic E-state index is 12.4. The highest BCUT2D eigenvalue weighted by atomic mass is 127. The van der Waals surface area contributed by atoms with Crippen LogP contribution in [0.1, 0.15) is 12.0 Å². The van der Waals surface area contributed by atoms with Gasteiger partial charge in [-0.1, -0.05) is 30.3 Å². The van der Waals surface area contributed by atoms with E-state index < -0.39 is 0 Å². The van der Waals surface area contributed by atoms with Crippen LogP contribution < -0.4 is 15.5 Å². The van der Waals surface area contributed by atoms with Crippen LogP contribution in [0.2, 0.25) is 0 Å². The van der Waals surface area contributed by atoms with Crippen molar-refractivity contribution in [2.75, 3.05) is 18.5 Å². The summed E-state index contributed by atoms with van der Waals surface area (Å²) in [4.78, 5) is 18.5. The van der Waals surface area contributed by atoms with Gasteiger partial charge in [-0.15, -0.1) is 24.0 Å². The second kappa shape index (κ2) is 10.2. The Morgan fingerprint density at radius 3 is 2.67 bits per heavy atom. The molecule has 0 bridgehead atoms. The number of hydrogen-bond acceptors (Lipinski definition) is 3. The molecule has 1 fully saturated rings. The number of aromatic nitrogens is 2. The molecule has 1 aromatic heterocycles. The topological polar surface area (TPSA) is 74.5 Å². The number of rotatable bonds is 5. The second-order valence-corrected chi connectivity index (χ2v) is 6.93. The molecule has 4 rings (SSSR count). The lowest BCUT2D eigenvalue weighted by molar-refractivity contribution is -0.117. The molecule has 0 aliphatic carbocycles. The second-order valence-electron chi connectivity index (χ2n) is 6.93. The number of benzene rings is 2. The molecule has 0 saturated carbocycles. The largest absolute Gasteiger partial charge is 0.352 e. The Balaban J connectivity index is 0.00000256. The van der Waals surface area contributed by atoms with Gasteiger partial charge in [0.2, 0.25) is 5.91 Å². The number of hydrogen-bond donors (Lipinski definition) is 2. The summed E-state index contributed by atoms with van der Waals surface area (Å²) in [5.74, 6) is 0.804. The molecule has 8 heteroatoms. The average Bonchev–Trinajstić information content (AvgIpc) is 3.42. The van der Waals surface area contributed by atoms with Crippen LogP contribution in [-0.4, -0.2) is 41.3 Å². The van der Waals surface area contributed by atoms with Gasteiger partial charge in [0.15, 0.2) is 5.96 Å². The van der Waals surface area contributed by atoms with E-state index in [1.165, 1.54) is 0 Å². The fourth-order valence-corrected chi connectivity index (χ4v) is 3.47. The first kappa shape index (κ1) is 21.8. The quantitative estimate of drug-likeness (QED) is 0.311. The number of aliphatic imine (C=N–C) groups is 1. The predicted molar refractivity (Wildman–Crippen MR) is 130 cm³/mol. The highest BCUT2D eigenvalue weighted by Crippen LogP contribution is 2.21. The van der Waals surface area contributed by atoms with Crippen molar-refractivity contribution in [3.8, 4) is 5.69 Å². The standard InChI is InChI=1S/C22H24N6O.HI/c1-23-22(24-15-17-7-5-10-20(13-17)28-12-6-11-25-28)26-18-14-21(29)27(16-18)19-8-3-2-4-9-19;/h2-13,18H,14-16H2,1H3,(H2,23,24,26);1H. The molecule has 1 aliphatic rings. The highest BCUT2D eigenvalue weighted by molar-refractivity contribution is 14.0. The van der Waals surface area contributed by atoms with E-state index in [9.17, 15) is 4.79 Å². The maximum atomic E-state index is 12.4. The van der Waals surface area contributed by atoms with Gasteiger partial charge in [0.25, 0.3) is 0 Å².